The summed E-state index contributed by atoms with van der Waals surface area (Å²) in [6.07, 6.45) is 6.39. The van der Waals surface area contributed by atoms with Crippen LogP contribution >= 0.6 is 11.6 Å². The fourth-order valence-corrected chi connectivity index (χ4v) is 5.99. The molecule has 0 unspecified atom stereocenters. The molecule has 1 aromatic rings. The van der Waals surface area contributed by atoms with Crippen molar-refractivity contribution in [1.29, 1.82) is 0 Å². The molecule has 1 atom stereocenters. The van der Waals surface area contributed by atoms with Gasteiger partial charge in [0.05, 0.1) is 16.6 Å². The largest absolute Gasteiger partial charge is 0.457 e. The van der Waals surface area contributed by atoms with Gasteiger partial charge in [0.25, 0.3) is 0 Å². The summed E-state index contributed by atoms with van der Waals surface area (Å²) in [4.78, 5) is 27.9. The van der Waals surface area contributed by atoms with Crippen LogP contribution in [0.3, 0.4) is 0 Å². The molecule has 0 radical (unpaired) electrons. The zero-order chi connectivity index (χ0) is 21.6. The summed E-state index contributed by atoms with van der Waals surface area (Å²) >= 11 is 6.84. The van der Waals surface area contributed by atoms with Crippen molar-refractivity contribution in [3.8, 4) is 0 Å². The lowest BCUT2D eigenvalue weighted by atomic mass is 9.71. The topological polar surface area (TPSA) is 59.1 Å². The molecular weight excluding hydrogens is 416 g/mol. The molecular formula is C24H29ClN2O4. The molecule has 6 nitrogen and oxygen atoms in total. The van der Waals surface area contributed by atoms with Crippen molar-refractivity contribution in [2.45, 2.75) is 44.6 Å². The third-order valence-electron chi connectivity index (χ3n) is 7.76. The lowest BCUT2D eigenvalue weighted by Crippen LogP contribution is -2.47. The predicted octanol–water partition coefficient (Wildman–Crippen LogP) is 3.56. The molecule has 1 spiro atoms. The van der Waals surface area contributed by atoms with Crippen LogP contribution in [0.15, 0.2) is 23.9 Å². The highest BCUT2D eigenvalue weighted by molar-refractivity contribution is 6.21. The van der Waals surface area contributed by atoms with Gasteiger partial charge in [-0.3, -0.25) is 0 Å². The minimum absolute atomic E-state index is 0.0938. The van der Waals surface area contributed by atoms with Gasteiger partial charge in [0.2, 0.25) is 0 Å². The Morgan fingerprint density at radius 3 is 2.42 bits per heavy atom. The van der Waals surface area contributed by atoms with Crippen LogP contribution in [0, 0.1) is 12.3 Å². The number of hydrogen-bond acceptors (Lipinski definition) is 6. The lowest BCUT2D eigenvalue weighted by Gasteiger charge is -2.47. The number of carbonyl (C=O) groups excluding carboxylic acids is 2. The summed E-state index contributed by atoms with van der Waals surface area (Å²) in [5.41, 5.74) is 5.32. The summed E-state index contributed by atoms with van der Waals surface area (Å²) < 4.78 is 10.2. The van der Waals surface area contributed by atoms with Gasteiger partial charge in [-0.2, -0.15) is 0 Å². The third-order valence-corrected chi connectivity index (χ3v) is 8.13. The van der Waals surface area contributed by atoms with Crippen LogP contribution < -0.4 is 0 Å². The predicted molar refractivity (Wildman–Crippen MR) is 117 cm³/mol. The van der Waals surface area contributed by atoms with E-state index < -0.39 is 0 Å². The molecule has 0 aliphatic carbocycles. The van der Waals surface area contributed by atoms with Crippen molar-refractivity contribution in [3.05, 3.63) is 46.2 Å². The van der Waals surface area contributed by atoms with Crippen LogP contribution in [0.5, 0.6) is 0 Å². The number of likely N-dealkylation sites (tertiary alicyclic amines) is 2. The van der Waals surface area contributed by atoms with E-state index in [1.165, 1.54) is 25.7 Å². The van der Waals surface area contributed by atoms with E-state index in [0.717, 1.165) is 55.1 Å². The zero-order valence-electron chi connectivity index (χ0n) is 18.0. The molecule has 4 heterocycles. The Morgan fingerprint density at radius 2 is 1.74 bits per heavy atom. The molecule has 1 aromatic carbocycles. The molecule has 4 aliphatic heterocycles. The summed E-state index contributed by atoms with van der Waals surface area (Å²) in [7, 11) is 0. The highest BCUT2D eigenvalue weighted by atomic mass is 35.5. The van der Waals surface area contributed by atoms with Gasteiger partial charge >= 0.3 is 11.9 Å². The van der Waals surface area contributed by atoms with E-state index in [4.69, 9.17) is 21.1 Å². The third kappa shape index (κ3) is 3.96. The fraction of sp³-hybridized carbons (Fsp3) is 0.583. The first-order chi connectivity index (χ1) is 14.9. The molecule has 7 heteroatoms. The number of fused-ring (bicyclic) bond motifs is 1. The monoisotopic (exact) mass is 444 g/mol. The molecule has 0 amide bonds. The highest BCUT2D eigenvalue weighted by Gasteiger charge is 2.39. The Labute approximate surface area is 188 Å². The maximum Gasteiger partial charge on any atom is 0.338 e. The van der Waals surface area contributed by atoms with Gasteiger partial charge < -0.3 is 19.3 Å². The normalized spacial score (nSPS) is 24.1. The van der Waals surface area contributed by atoms with Crippen LogP contribution in [0.1, 0.15) is 58.1 Å². The number of nitrogens with zero attached hydrogens (tertiary/aromatic N) is 2. The Hall–Kier alpha value is -2.05. The SMILES string of the molecule is Cc1c([C@@H](Cl)CN2CCC3(CC2)CCN(C2=CC(=O)OC2)CC3)ccc2c1COC2=O. The van der Waals surface area contributed by atoms with Gasteiger partial charge in [-0.15, -0.1) is 11.6 Å². The van der Waals surface area contributed by atoms with Crippen molar-refractivity contribution < 1.29 is 19.1 Å². The maximum absolute atomic E-state index is 11.8. The van der Waals surface area contributed by atoms with Crippen molar-refractivity contribution in [2.24, 2.45) is 5.41 Å². The van der Waals surface area contributed by atoms with Crippen LogP contribution in [-0.2, 0) is 20.9 Å². The Morgan fingerprint density at radius 1 is 1.03 bits per heavy atom. The first kappa shape index (κ1) is 20.8. The van der Waals surface area contributed by atoms with Crippen LogP contribution in [0.2, 0.25) is 0 Å². The number of halogens is 1. The second-order valence-electron chi connectivity index (χ2n) is 9.38. The van der Waals surface area contributed by atoms with Crippen molar-refractivity contribution in [3.63, 3.8) is 0 Å². The molecule has 2 saturated heterocycles. The van der Waals surface area contributed by atoms with E-state index in [1.54, 1.807) is 6.08 Å². The van der Waals surface area contributed by atoms with Gasteiger partial charge in [-0.05, 0) is 68.3 Å². The van der Waals surface area contributed by atoms with Crippen molar-refractivity contribution in [2.75, 3.05) is 39.3 Å². The zero-order valence-corrected chi connectivity index (χ0v) is 18.7. The number of cyclic esters (lactones) is 2. The Bertz CT molecular complexity index is 926. The number of alkyl halides is 1. The molecule has 0 N–H and O–H groups in total. The van der Waals surface area contributed by atoms with Gasteiger partial charge in [-0.1, -0.05) is 6.07 Å². The average molecular weight is 445 g/mol. The van der Waals surface area contributed by atoms with E-state index in [0.29, 0.717) is 24.2 Å². The number of ether oxygens (including phenoxy) is 2. The number of rotatable bonds is 4. The van der Waals surface area contributed by atoms with E-state index in [9.17, 15) is 9.59 Å². The van der Waals surface area contributed by atoms with Gasteiger partial charge in [0, 0.05) is 31.3 Å². The molecule has 0 saturated carbocycles. The summed E-state index contributed by atoms with van der Waals surface area (Å²) in [6, 6.07) is 3.85. The summed E-state index contributed by atoms with van der Waals surface area (Å²) in [5, 5.41) is -0.0938. The maximum atomic E-state index is 11.8. The first-order valence-corrected chi connectivity index (χ1v) is 11.7. The number of esters is 2. The van der Waals surface area contributed by atoms with Crippen LogP contribution in [0.25, 0.3) is 0 Å². The minimum Gasteiger partial charge on any atom is -0.457 e. The van der Waals surface area contributed by atoms with Crippen LogP contribution in [-0.4, -0.2) is 61.1 Å². The minimum atomic E-state index is -0.230. The Balaban J connectivity index is 1.15. The van der Waals surface area contributed by atoms with E-state index in [1.807, 2.05) is 19.1 Å². The highest BCUT2D eigenvalue weighted by Crippen LogP contribution is 2.43. The average Bonchev–Trinajstić information content (AvgIpc) is 3.37. The van der Waals surface area contributed by atoms with Gasteiger partial charge in [0.1, 0.15) is 13.2 Å². The van der Waals surface area contributed by atoms with Crippen molar-refractivity contribution in [1.82, 2.24) is 9.80 Å². The molecule has 4 aliphatic rings. The molecule has 0 bridgehead atoms. The summed E-state index contributed by atoms with van der Waals surface area (Å²) in [5.74, 6) is -0.441. The van der Waals surface area contributed by atoms with E-state index >= 15 is 0 Å². The number of carbonyl (C=O) groups is 2. The lowest BCUT2D eigenvalue weighted by molar-refractivity contribution is -0.135. The molecule has 0 aromatic heterocycles. The van der Waals surface area contributed by atoms with Crippen LogP contribution in [0.4, 0.5) is 0 Å². The molecule has 2 fully saturated rings. The first-order valence-electron chi connectivity index (χ1n) is 11.2. The smallest absolute Gasteiger partial charge is 0.338 e. The second kappa shape index (κ2) is 8.14. The number of benzene rings is 1. The molecule has 31 heavy (non-hydrogen) atoms. The number of hydrogen-bond donors (Lipinski definition) is 0. The Kier molecular flexibility index (Phi) is 5.47. The second-order valence-corrected chi connectivity index (χ2v) is 9.91. The number of piperidine rings is 2. The standard InChI is InChI=1S/C24H29ClN2O4/c1-16-18(2-3-19-20(16)15-31-23(19)29)21(25)13-26-8-4-24(5-9-26)6-10-27(11-7-24)17-12-22(28)30-14-17/h2-3,12,21H,4-11,13-15H2,1H3/t21-/m0/s1. The molecule has 5 rings (SSSR count). The fourth-order valence-electron chi connectivity index (χ4n) is 5.56. The quantitative estimate of drug-likeness (QED) is 0.522. The van der Waals surface area contributed by atoms with E-state index in [-0.39, 0.29) is 17.3 Å². The van der Waals surface area contributed by atoms with Gasteiger partial charge in [0.15, 0.2) is 0 Å². The van der Waals surface area contributed by atoms with Gasteiger partial charge in [-0.25, -0.2) is 9.59 Å². The summed E-state index contributed by atoms with van der Waals surface area (Å²) in [6.45, 7) is 7.81. The molecule has 166 valence electrons. The van der Waals surface area contributed by atoms with E-state index in [2.05, 4.69) is 9.80 Å². The van der Waals surface area contributed by atoms with Crippen molar-refractivity contribution >= 4 is 23.5 Å².